The molecule has 9 heteroatoms. The zero-order valence-electron chi connectivity index (χ0n) is 13.2. The number of rotatable bonds is 3. The number of para-hydroxylation sites is 1. The van der Waals surface area contributed by atoms with Crippen LogP contribution >= 0.6 is 12.4 Å². The summed E-state index contributed by atoms with van der Waals surface area (Å²) in [4.78, 5) is 8.25. The lowest BCUT2D eigenvalue weighted by Crippen LogP contribution is -2.44. The van der Waals surface area contributed by atoms with Crippen LogP contribution in [-0.4, -0.2) is 56.7 Å². The molecule has 0 aliphatic carbocycles. The SMILES string of the molecule is CN1CCNCC1c1noc(-c2cnn(-c3ccccc3)n2)n1.Cl. The van der Waals surface area contributed by atoms with Gasteiger partial charge in [-0.15, -0.1) is 17.5 Å². The van der Waals surface area contributed by atoms with Gasteiger partial charge in [0.05, 0.1) is 17.9 Å². The lowest BCUT2D eigenvalue weighted by molar-refractivity contribution is 0.190. The van der Waals surface area contributed by atoms with Crippen molar-refractivity contribution in [1.29, 1.82) is 0 Å². The molecule has 0 saturated carbocycles. The number of aromatic nitrogens is 5. The highest BCUT2D eigenvalue weighted by Crippen LogP contribution is 2.21. The van der Waals surface area contributed by atoms with E-state index >= 15 is 0 Å². The first-order valence-corrected chi connectivity index (χ1v) is 7.54. The van der Waals surface area contributed by atoms with Gasteiger partial charge in [0.1, 0.15) is 0 Å². The second-order valence-electron chi connectivity index (χ2n) is 5.51. The van der Waals surface area contributed by atoms with Gasteiger partial charge in [-0.1, -0.05) is 23.4 Å². The van der Waals surface area contributed by atoms with E-state index < -0.39 is 0 Å². The summed E-state index contributed by atoms with van der Waals surface area (Å²) in [7, 11) is 2.06. The van der Waals surface area contributed by atoms with Crippen LogP contribution in [0.5, 0.6) is 0 Å². The normalized spacial score (nSPS) is 18.3. The first kappa shape index (κ1) is 16.6. The number of hydrogen-bond acceptors (Lipinski definition) is 7. The summed E-state index contributed by atoms with van der Waals surface area (Å²) in [6, 6.07) is 9.82. The van der Waals surface area contributed by atoms with Crippen LogP contribution in [0.15, 0.2) is 41.1 Å². The second-order valence-corrected chi connectivity index (χ2v) is 5.51. The molecule has 2 aromatic heterocycles. The van der Waals surface area contributed by atoms with Gasteiger partial charge in [-0.3, -0.25) is 4.90 Å². The molecule has 1 saturated heterocycles. The fourth-order valence-electron chi connectivity index (χ4n) is 2.62. The summed E-state index contributed by atoms with van der Waals surface area (Å²) >= 11 is 0. The molecule has 24 heavy (non-hydrogen) atoms. The molecule has 8 nitrogen and oxygen atoms in total. The van der Waals surface area contributed by atoms with Crippen molar-refractivity contribution < 1.29 is 4.52 Å². The molecule has 0 amide bonds. The van der Waals surface area contributed by atoms with Crippen LogP contribution in [0.25, 0.3) is 17.3 Å². The summed E-state index contributed by atoms with van der Waals surface area (Å²) < 4.78 is 5.37. The molecule has 3 aromatic rings. The quantitative estimate of drug-likeness (QED) is 0.764. The Labute approximate surface area is 145 Å². The number of halogens is 1. The van der Waals surface area contributed by atoms with E-state index in [-0.39, 0.29) is 18.4 Å². The van der Waals surface area contributed by atoms with Crippen molar-refractivity contribution in [2.45, 2.75) is 6.04 Å². The Morgan fingerprint density at radius 2 is 2.08 bits per heavy atom. The predicted octanol–water partition coefficient (Wildman–Crippen LogP) is 1.32. The number of nitrogens with one attached hydrogen (secondary N) is 1. The lowest BCUT2D eigenvalue weighted by Gasteiger charge is -2.30. The molecule has 1 atom stereocenters. The highest BCUT2D eigenvalue weighted by molar-refractivity contribution is 5.85. The van der Waals surface area contributed by atoms with E-state index in [1.807, 2.05) is 30.3 Å². The van der Waals surface area contributed by atoms with E-state index in [2.05, 4.69) is 37.6 Å². The van der Waals surface area contributed by atoms with Gasteiger partial charge in [0.2, 0.25) is 0 Å². The molecular weight excluding hydrogens is 330 g/mol. The first-order chi connectivity index (χ1) is 11.3. The topological polar surface area (TPSA) is 84.9 Å². The van der Waals surface area contributed by atoms with Gasteiger partial charge in [0.15, 0.2) is 11.5 Å². The summed E-state index contributed by atoms with van der Waals surface area (Å²) in [6.45, 7) is 2.74. The van der Waals surface area contributed by atoms with Crippen LogP contribution in [0, 0.1) is 0 Å². The predicted molar refractivity (Wildman–Crippen MR) is 90.1 cm³/mol. The van der Waals surface area contributed by atoms with Gasteiger partial charge >= 0.3 is 0 Å². The van der Waals surface area contributed by atoms with Gasteiger partial charge in [0.25, 0.3) is 5.89 Å². The largest absolute Gasteiger partial charge is 0.332 e. The maximum absolute atomic E-state index is 5.37. The molecule has 1 fully saturated rings. The molecule has 1 aromatic carbocycles. The van der Waals surface area contributed by atoms with Crippen LogP contribution < -0.4 is 5.32 Å². The van der Waals surface area contributed by atoms with Crippen LogP contribution in [0.1, 0.15) is 11.9 Å². The van der Waals surface area contributed by atoms with Gasteiger partial charge in [-0.2, -0.15) is 14.9 Å². The molecule has 0 bridgehead atoms. The van der Waals surface area contributed by atoms with Crippen molar-refractivity contribution >= 4 is 12.4 Å². The minimum atomic E-state index is 0. The fourth-order valence-corrected chi connectivity index (χ4v) is 2.62. The Balaban J connectivity index is 0.00000169. The maximum atomic E-state index is 5.37. The Kier molecular flexibility index (Phi) is 4.89. The standard InChI is InChI=1S/C15H17N7O.ClH/c1-21-8-7-16-10-13(21)14-18-15(23-20-14)12-9-17-22(19-12)11-5-3-2-4-6-11;/h2-6,9,13,16H,7-8,10H2,1H3;1H. The number of nitrogens with zero attached hydrogens (tertiary/aromatic N) is 6. The van der Waals surface area contributed by atoms with Crippen molar-refractivity contribution in [3.05, 3.63) is 42.4 Å². The van der Waals surface area contributed by atoms with E-state index in [0.717, 1.165) is 25.3 Å². The highest BCUT2D eigenvalue weighted by atomic mass is 35.5. The average Bonchev–Trinajstić information content (AvgIpc) is 3.25. The summed E-state index contributed by atoms with van der Waals surface area (Å²) in [5.74, 6) is 1.06. The molecular formula is C15H18ClN7O. The molecule has 1 unspecified atom stereocenters. The monoisotopic (exact) mass is 347 g/mol. The van der Waals surface area contributed by atoms with Crippen LogP contribution in [0.4, 0.5) is 0 Å². The van der Waals surface area contributed by atoms with Gasteiger partial charge in [0, 0.05) is 19.6 Å². The van der Waals surface area contributed by atoms with Crippen molar-refractivity contribution in [3.8, 4) is 17.3 Å². The van der Waals surface area contributed by atoms with Crippen LogP contribution in [0.2, 0.25) is 0 Å². The van der Waals surface area contributed by atoms with E-state index in [9.17, 15) is 0 Å². The Hall–Kier alpha value is -2.29. The van der Waals surface area contributed by atoms with Crippen LogP contribution in [-0.2, 0) is 0 Å². The zero-order chi connectivity index (χ0) is 15.6. The average molecular weight is 348 g/mol. The third-order valence-electron chi connectivity index (χ3n) is 3.95. The second kappa shape index (κ2) is 7.08. The molecule has 1 aliphatic rings. The van der Waals surface area contributed by atoms with E-state index in [1.165, 1.54) is 0 Å². The smallest absolute Gasteiger partial charge is 0.280 e. The maximum Gasteiger partial charge on any atom is 0.280 e. The van der Waals surface area contributed by atoms with E-state index in [0.29, 0.717) is 17.4 Å². The van der Waals surface area contributed by atoms with Crippen LogP contribution in [0.3, 0.4) is 0 Å². The number of hydrogen-bond donors (Lipinski definition) is 1. The summed E-state index contributed by atoms with van der Waals surface area (Å²) in [5.41, 5.74) is 1.45. The molecule has 1 aliphatic heterocycles. The Morgan fingerprint density at radius 3 is 2.88 bits per heavy atom. The Bertz CT molecular complexity index is 788. The third-order valence-corrected chi connectivity index (χ3v) is 3.95. The fraction of sp³-hybridized carbons (Fsp3) is 0.333. The molecule has 1 N–H and O–H groups in total. The molecule has 0 radical (unpaired) electrons. The number of benzene rings is 1. The van der Waals surface area contributed by atoms with Crippen molar-refractivity contribution in [2.75, 3.05) is 26.7 Å². The minimum Gasteiger partial charge on any atom is -0.332 e. The highest BCUT2D eigenvalue weighted by Gasteiger charge is 2.26. The number of piperazine rings is 1. The van der Waals surface area contributed by atoms with E-state index in [1.54, 1.807) is 11.0 Å². The summed E-state index contributed by atoms with van der Waals surface area (Å²) in [5, 5.41) is 16.1. The third kappa shape index (κ3) is 3.16. The van der Waals surface area contributed by atoms with Crippen molar-refractivity contribution in [1.82, 2.24) is 35.4 Å². The summed E-state index contributed by atoms with van der Waals surface area (Å²) in [6.07, 6.45) is 1.63. The molecule has 126 valence electrons. The Morgan fingerprint density at radius 1 is 1.25 bits per heavy atom. The molecule has 0 spiro atoms. The van der Waals surface area contributed by atoms with Gasteiger partial charge in [-0.05, 0) is 19.2 Å². The van der Waals surface area contributed by atoms with Crippen molar-refractivity contribution in [3.63, 3.8) is 0 Å². The molecule has 4 rings (SSSR count). The lowest BCUT2D eigenvalue weighted by atomic mass is 10.2. The zero-order valence-corrected chi connectivity index (χ0v) is 14.0. The van der Waals surface area contributed by atoms with Crippen molar-refractivity contribution in [2.24, 2.45) is 0 Å². The number of likely N-dealkylation sites (N-methyl/N-ethyl adjacent to an activating group) is 1. The molecule has 3 heterocycles. The minimum absolute atomic E-state index is 0. The van der Waals surface area contributed by atoms with E-state index in [4.69, 9.17) is 4.52 Å². The van der Waals surface area contributed by atoms with Gasteiger partial charge in [-0.25, -0.2) is 0 Å². The van der Waals surface area contributed by atoms with Gasteiger partial charge < -0.3 is 9.84 Å². The first-order valence-electron chi connectivity index (χ1n) is 7.54.